The van der Waals surface area contributed by atoms with Gasteiger partial charge in [-0.1, -0.05) is 20.8 Å². The molecule has 10 nitrogen and oxygen atoms in total. The number of aromatic nitrogens is 2. The predicted molar refractivity (Wildman–Crippen MR) is 142 cm³/mol. The second-order valence-corrected chi connectivity index (χ2v) is 11.3. The highest BCUT2D eigenvalue weighted by Crippen LogP contribution is 2.20. The maximum Gasteiger partial charge on any atom is 0.410 e. The van der Waals surface area contributed by atoms with Gasteiger partial charge in [-0.25, -0.2) is 14.8 Å². The van der Waals surface area contributed by atoms with Gasteiger partial charge in [-0.2, -0.15) is 5.26 Å². The molecule has 2 heterocycles. The maximum atomic E-state index is 12.8. The lowest BCUT2D eigenvalue weighted by molar-refractivity contribution is 0.0240. The van der Waals surface area contributed by atoms with Crippen molar-refractivity contribution >= 4 is 23.5 Å². The van der Waals surface area contributed by atoms with Crippen molar-refractivity contribution in [1.29, 1.82) is 5.26 Å². The van der Waals surface area contributed by atoms with E-state index in [9.17, 15) is 9.59 Å². The summed E-state index contributed by atoms with van der Waals surface area (Å²) < 4.78 is 5.46. The molecule has 37 heavy (non-hydrogen) atoms. The van der Waals surface area contributed by atoms with E-state index in [1.807, 2.05) is 39.0 Å². The van der Waals surface area contributed by atoms with Gasteiger partial charge in [-0.05, 0) is 50.5 Å². The quantitative estimate of drug-likeness (QED) is 0.605. The van der Waals surface area contributed by atoms with Crippen LogP contribution < -0.4 is 15.5 Å². The van der Waals surface area contributed by atoms with Crippen molar-refractivity contribution in [3.63, 3.8) is 0 Å². The summed E-state index contributed by atoms with van der Waals surface area (Å²) >= 11 is 0. The van der Waals surface area contributed by atoms with Gasteiger partial charge in [0.25, 0.3) is 5.91 Å². The molecule has 0 atom stereocenters. The highest BCUT2D eigenvalue weighted by Gasteiger charge is 2.26. The lowest BCUT2D eigenvalue weighted by Crippen LogP contribution is -2.50. The normalized spacial score (nSPS) is 14.1. The average Bonchev–Trinajstić information content (AvgIpc) is 2.85. The van der Waals surface area contributed by atoms with E-state index >= 15 is 0 Å². The molecule has 198 valence electrons. The first-order valence-corrected chi connectivity index (χ1v) is 12.5. The number of amides is 2. The summed E-state index contributed by atoms with van der Waals surface area (Å²) in [5, 5.41) is 15.3. The Kier molecular flexibility index (Phi) is 8.58. The van der Waals surface area contributed by atoms with E-state index in [2.05, 4.69) is 46.3 Å². The van der Waals surface area contributed by atoms with Gasteiger partial charge in [-0.15, -0.1) is 0 Å². The van der Waals surface area contributed by atoms with Crippen LogP contribution >= 0.6 is 0 Å². The monoisotopic (exact) mass is 507 g/mol. The maximum absolute atomic E-state index is 12.8. The average molecular weight is 508 g/mol. The number of nitriles is 1. The Morgan fingerprint density at radius 1 is 1.05 bits per heavy atom. The highest BCUT2D eigenvalue weighted by atomic mass is 16.6. The molecular formula is C27H37N7O3. The fourth-order valence-electron chi connectivity index (χ4n) is 3.67. The minimum atomic E-state index is -0.512. The van der Waals surface area contributed by atoms with E-state index in [0.29, 0.717) is 49.7 Å². The Labute approximate surface area is 219 Å². The molecule has 0 unspecified atom stereocenters. The van der Waals surface area contributed by atoms with Crippen molar-refractivity contribution in [3.8, 4) is 6.07 Å². The number of nitrogens with zero attached hydrogens (tertiary/aromatic N) is 5. The third-order valence-corrected chi connectivity index (χ3v) is 5.62. The van der Waals surface area contributed by atoms with Crippen molar-refractivity contribution in [2.45, 2.75) is 53.7 Å². The summed E-state index contributed by atoms with van der Waals surface area (Å²) in [6, 6.07) is 9.37. The van der Waals surface area contributed by atoms with E-state index in [0.717, 1.165) is 5.69 Å². The summed E-state index contributed by atoms with van der Waals surface area (Å²) in [5.74, 6) is 0.407. The van der Waals surface area contributed by atoms with Crippen LogP contribution in [0.4, 0.5) is 16.3 Å². The van der Waals surface area contributed by atoms with Crippen LogP contribution in [0.2, 0.25) is 0 Å². The Morgan fingerprint density at radius 2 is 1.70 bits per heavy atom. The van der Waals surface area contributed by atoms with E-state index in [1.165, 1.54) is 0 Å². The molecule has 0 radical (unpaired) electrons. The Bertz CT molecular complexity index is 1140. The summed E-state index contributed by atoms with van der Waals surface area (Å²) in [7, 11) is 0. The molecule has 3 rings (SSSR count). The van der Waals surface area contributed by atoms with E-state index in [4.69, 9.17) is 10.00 Å². The molecule has 0 bridgehead atoms. The topological polar surface area (TPSA) is 123 Å². The van der Waals surface area contributed by atoms with Crippen LogP contribution in [-0.2, 0) is 11.3 Å². The van der Waals surface area contributed by atoms with E-state index in [-0.39, 0.29) is 29.8 Å². The molecule has 0 spiro atoms. The first-order valence-electron chi connectivity index (χ1n) is 12.5. The molecule has 0 aliphatic carbocycles. The zero-order chi connectivity index (χ0) is 27.2. The van der Waals surface area contributed by atoms with Gasteiger partial charge in [-0.3, -0.25) is 4.79 Å². The van der Waals surface area contributed by atoms with Crippen molar-refractivity contribution < 1.29 is 14.3 Å². The molecule has 2 amide bonds. The number of ether oxygens (including phenoxy) is 1. The molecule has 10 heteroatoms. The molecule has 1 aromatic carbocycles. The SMILES string of the molecule is CC(C)(C)CNc1nc(C#N)ncc1CNC(=O)c1ccc(N2CCN(C(=O)OC(C)(C)C)CC2)cc1. The summed E-state index contributed by atoms with van der Waals surface area (Å²) in [4.78, 5) is 37.3. The number of benzene rings is 1. The fourth-order valence-corrected chi connectivity index (χ4v) is 3.67. The number of hydrogen-bond acceptors (Lipinski definition) is 8. The molecule has 1 aliphatic rings. The van der Waals surface area contributed by atoms with Crippen LogP contribution in [0.5, 0.6) is 0 Å². The molecule has 1 saturated heterocycles. The molecule has 1 aliphatic heterocycles. The number of rotatable bonds is 6. The smallest absolute Gasteiger partial charge is 0.410 e. The van der Waals surface area contributed by atoms with Crippen LogP contribution in [0.15, 0.2) is 30.5 Å². The molecule has 2 N–H and O–H groups in total. The number of piperazine rings is 1. The van der Waals surface area contributed by atoms with Gasteiger partial charge in [0.05, 0.1) is 0 Å². The zero-order valence-electron chi connectivity index (χ0n) is 22.6. The van der Waals surface area contributed by atoms with Crippen LogP contribution in [0, 0.1) is 16.7 Å². The number of carbonyl (C=O) groups is 2. The lowest BCUT2D eigenvalue weighted by Gasteiger charge is -2.36. The molecule has 2 aromatic rings. The van der Waals surface area contributed by atoms with Crippen LogP contribution in [-0.4, -0.2) is 65.2 Å². The predicted octanol–water partition coefficient (Wildman–Crippen LogP) is 3.79. The van der Waals surface area contributed by atoms with Gasteiger partial charge in [0, 0.05) is 62.3 Å². The van der Waals surface area contributed by atoms with Gasteiger partial charge < -0.3 is 25.2 Å². The van der Waals surface area contributed by atoms with Gasteiger partial charge >= 0.3 is 6.09 Å². The van der Waals surface area contributed by atoms with Gasteiger partial charge in [0.15, 0.2) is 0 Å². The summed E-state index contributed by atoms with van der Waals surface area (Å²) in [5.41, 5.74) is 1.74. The van der Waals surface area contributed by atoms with Crippen LogP contribution in [0.25, 0.3) is 0 Å². The first-order chi connectivity index (χ1) is 17.3. The molecule has 1 aromatic heterocycles. The molecular weight excluding hydrogens is 470 g/mol. The minimum Gasteiger partial charge on any atom is -0.444 e. The number of anilines is 2. The molecule has 1 fully saturated rings. The van der Waals surface area contributed by atoms with Crippen molar-refractivity contribution in [3.05, 3.63) is 47.4 Å². The fraction of sp³-hybridized carbons (Fsp3) is 0.519. The third kappa shape index (κ3) is 8.34. The largest absolute Gasteiger partial charge is 0.444 e. The minimum absolute atomic E-state index is 0.0163. The van der Waals surface area contributed by atoms with Gasteiger partial charge in [0.2, 0.25) is 5.82 Å². The Morgan fingerprint density at radius 3 is 2.27 bits per heavy atom. The van der Waals surface area contributed by atoms with E-state index in [1.54, 1.807) is 23.2 Å². The second kappa shape index (κ2) is 11.5. The summed E-state index contributed by atoms with van der Waals surface area (Å²) in [6.45, 7) is 15.3. The standard InChI is InChI=1S/C27H37N7O3/c1-26(2,3)18-31-23-20(16-29-22(15-28)32-23)17-30-24(35)19-7-9-21(10-8-19)33-11-13-34(14-12-33)25(36)37-27(4,5)6/h7-10,16H,11-14,17-18H2,1-6H3,(H,30,35)(H,29,31,32). The van der Waals surface area contributed by atoms with E-state index < -0.39 is 5.60 Å². The Balaban J connectivity index is 1.56. The Hall–Kier alpha value is -3.87. The first kappa shape index (κ1) is 27.7. The summed E-state index contributed by atoms with van der Waals surface area (Å²) in [6.07, 6.45) is 1.28. The second-order valence-electron chi connectivity index (χ2n) is 11.3. The van der Waals surface area contributed by atoms with Crippen LogP contribution in [0.1, 0.15) is 63.3 Å². The van der Waals surface area contributed by atoms with Crippen LogP contribution in [0.3, 0.4) is 0 Å². The van der Waals surface area contributed by atoms with Crippen molar-refractivity contribution in [2.75, 3.05) is 42.9 Å². The lowest BCUT2D eigenvalue weighted by atomic mass is 9.97. The molecule has 0 saturated carbocycles. The number of hydrogen-bond donors (Lipinski definition) is 2. The third-order valence-electron chi connectivity index (χ3n) is 5.62. The highest BCUT2D eigenvalue weighted by molar-refractivity contribution is 5.94. The number of nitrogens with one attached hydrogen (secondary N) is 2. The number of carbonyl (C=O) groups excluding carboxylic acids is 2. The van der Waals surface area contributed by atoms with Gasteiger partial charge in [0.1, 0.15) is 17.5 Å². The van der Waals surface area contributed by atoms with Crippen molar-refractivity contribution in [2.24, 2.45) is 5.41 Å². The van der Waals surface area contributed by atoms with Crippen molar-refractivity contribution in [1.82, 2.24) is 20.2 Å². The zero-order valence-corrected chi connectivity index (χ0v) is 22.6.